The summed E-state index contributed by atoms with van der Waals surface area (Å²) in [5.74, 6) is -2.31. The maximum Gasteiger partial charge on any atom is 0.329 e. The van der Waals surface area contributed by atoms with Crippen LogP contribution in [0.3, 0.4) is 0 Å². The summed E-state index contributed by atoms with van der Waals surface area (Å²) >= 11 is 0. The number of ether oxygens (including phenoxy) is 1. The molecule has 1 aromatic carbocycles. The molecule has 0 aliphatic carbocycles. The van der Waals surface area contributed by atoms with Crippen LogP contribution < -0.4 is 10.1 Å². The predicted octanol–water partition coefficient (Wildman–Crippen LogP) is 2.21. The zero-order valence-electron chi connectivity index (χ0n) is 11.7. The van der Waals surface area contributed by atoms with Crippen molar-refractivity contribution in [1.29, 1.82) is 0 Å². The second-order valence-electron chi connectivity index (χ2n) is 4.40. The molecular formula is C14H18FNO4. The van der Waals surface area contributed by atoms with E-state index in [2.05, 4.69) is 5.32 Å². The highest BCUT2D eigenvalue weighted by atomic mass is 19.1. The summed E-state index contributed by atoms with van der Waals surface area (Å²) in [5.41, 5.74) is -1.17. The van der Waals surface area contributed by atoms with E-state index in [1.807, 2.05) is 0 Å². The summed E-state index contributed by atoms with van der Waals surface area (Å²) in [6, 6.07) is 3.63. The first-order chi connectivity index (χ1) is 9.40. The number of rotatable bonds is 6. The first kappa shape index (κ1) is 15.9. The molecule has 110 valence electrons. The Bertz CT molecular complexity index is 512. The normalized spacial score (nSPS) is 11.0. The first-order valence-electron chi connectivity index (χ1n) is 6.29. The van der Waals surface area contributed by atoms with Crippen molar-refractivity contribution in [1.82, 2.24) is 5.32 Å². The van der Waals surface area contributed by atoms with E-state index in [0.29, 0.717) is 0 Å². The van der Waals surface area contributed by atoms with Gasteiger partial charge in [0.1, 0.15) is 5.54 Å². The molecule has 0 fully saturated rings. The van der Waals surface area contributed by atoms with Gasteiger partial charge in [-0.2, -0.15) is 0 Å². The molecule has 6 heteroatoms. The fraction of sp³-hybridized carbons (Fsp3) is 0.429. The lowest BCUT2D eigenvalue weighted by Crippen LogP contribution is -2.53. The molecule has 0 spiro atoms. The third kappa shape index (κ3) is 3.07. The van der Waals surface area contributed by atoms with Crippen molar-refractivity contribution in [2.24, 2.45) is 0 Å². The molecule has 0 saturated carbocycles. The van der Waals surface area contributed by atoms with Crippen LogP contribution in [0.2, 0.25) is 0 Å². The lowest BCUT2D eigenvalue weighted by atomic mass is 9.92. The van der Waals surface area contributed by atoms with Crippen molar-refractivity contribution in [3.05, 3.63) is 29.6 Å². The van der Waals surface area contributed by atoms with Crippen LogP contribution in [-0.2, 0) is 4.79 Å². The van der Waals surface area contributed by atoms with Crippen molar-refractivity contribution < 1.29 is 23.8 Å². The number of methoxy groups -OCH3 is 1. The molecule has 0 unspecified atom stereocenters. The van der Waals surface area contributed by atoms with Crippen LogP contribution in [0.25, 0.3) is 0 Å². The zero-order valence-corrected chi connectivity index (χ0v) is 11.7. The molecule has 0 bridgehead atoms. The van der Waals surface area contributed by atoms with Crippen LogP contribution >= 0.6 is 0 Å². The molecule has 1 aromatic rings. The summed E-state index contributed by atoms with van der Waals surface area (Å²) in [4.78, 5) is 23.4. The Labute approximate surface area is 116 Å². The van der Waals surface area contributed by atoms with E-state index < -0.39 is 23.2 Å². The molecule has 1 rings (SSSR count). The number of carboxylic acids is 1. The maximum atomic E-state index is 13.3. The van der Waals surface area contributed by atoms with Gasteiger partial charge in [0.05, 0.1) is 7.11 Å². The quantitative estimate of drug-likeness (QED) is 0.839. The van der Waals surface area contributed by atoms with Crippen molar-refractivity contribution >= 4 is 11.9 Å². The van der Waals surface area contributed by atoms with Gasteiger partial charge in [-0.05, 0) is 31.0 Å². The number of amides is 1. The molecule has 2 N–H and O–H groups in total. The number of benzene rings is 1. The van der Waals surface area contributed by atoms with E-state index in [1.54, 1.807) is 13.8 Å². The number of hydrogen-bond acceptors (Lipinski definition) is 3. The van der Waals surface area contributed by atoms with Gasteiger partial charge in [0.2, 0.25) is 0 Å². The Morgan fingerprint density at radius 2 is 1.95 bits per heavy atom. The minimum atomic E-state index is -1.32. The Hall–Kier alpha value is -2.11. The van der Waals surface area contributed by atoms with Gasteiger partial charge in [-0.3, -0.25) is 4.79 Å². The van der Waals surface area contributed by atoms with Crippen LogP contribution in [0.1, 0.15) is 37.0 Å². The monoisotopic (exact) mass is 283 g/mol. The molecule has 1 amide bonds. The molecule has 0 aliphatic heterocycles. The highest BCUT2D eigenvalue weighted by Crippen LogP contribution is 2.20. The largest absolute Gasteiger partial charge is 0.494 e. The van der Waals surface area contributed by atoms with Crippen molar-refractivity contribution in [3.63, 3.8) is 0 Å². The number of carboxylic acid groups (broad SMARTS) is 1. The maximum absolute atomic E-state index is 13.3. The lowest BCUT2D eigenvalue weighted by molar-refractivity contribution is -0.144. The van der Waals surface area contributed by atoms with E-state index in [-0.39, 0.29) is 24.2 Å². The van der Waals surface area contributed by atoms with Gasteiger partial charge in [-0.1, -0.05) is 13.8 Å². The molecule has 0 atom stereocenters. The van der Waals surface area contributed by atoms with Gasteiger partial charge >= 0.3 is 5.97 Å². The summed E-state index contributed by atoms with van der Waals surface area (Å²) in [7, 11) is 1.29. The molecule has 0 aliphatic rings. The average molecular weight is 283 g/mol. The molecular weight excluding hydrogens is 265 g/mol. The minimum Gasteiger partial charge on any atom is -0.494 e. The van der Waals surface area contributed by atoms with Gasteiger partial charge in [-0.15, -0.1) is 0 Å². The first-order valence-corrected chi connectivity index (χ1v) is 6.29. The van der Waals surface area contributed by atoms with Crippen molar-refractivity contribution in [2.45, 2.75) is 32.2 Å². The highest BCUT2D eigenvalue weighted by molar-refractivity contribution is 5.98. The van der Waals surface area contributed by atoms with Gasteiger partial charge < -0.3 is 15.2 Å². The summed E-state index contributed by atoms with van der Waals surface area (Å²) < 4.78 is 18.1. The Morgan fingerprint density at radius 1 is 1.35 bits per heavy atom. The van der Waals surface area contributed by atoms with Crippen molar-refractivity contribution in [2.75, 3.05) is 7.11 Å². The van der Waals surface area contributed by atoms with Crippen LogP contribution in [0.15, 0.2) is 18.2 Å². The SMILES string of the molecule is CCC(CC)(NC(=O)c1ccc(F)c(OC)c1)C(=O)O. The third-order valence-corrected chi connectivity index (χ3v) is 3.38. The van der Waals surface area contributed by atoms with Crippen LogP contribution in [0, 0.1) is 5.82 Å². The van der Waals surface area contributed by atoms with Gasteiger partial charge in [0.25, 0.3) is 5.91 Å². The zero-order chi connectivity index (χ0) is 15.3. The fourth-order valence-corrected chi connectivity index (χ4v) is 1.87. The number of hydrogen-bond donors (Lipinski definition) is 2. The van der Waals surface area contributed by atoms with E-state index in [1.165, 1.54) is 19.2 Å². The van der Waals surface area contributed by atoms with E-state index in [0.717, 1.165) is 6.07 Å². The molecule has 0 aromatic heterocycles. The topological polar surface area (TPSA) is 75.6 Å². The standard InChI is InChI=1S/C14H18FNO4/c1-4-14(5-2,13(18)19)16-12(17)9-6-7-10(15)11(8-9)20-3/h6-8H,4-5H2,1-3H3,(H,16,17)(H,18,19). The molecule has 0 heterocycles. The van der Waals surface area contributed by atoms with Crippen LogP contribution in [0.5, 0.6) is 5.75 Å². The summed E-state index contributed by atoms with van der Waals surface area (Å²) in [6.07, 6.45) is 0.506. The van der Waals surface area contributed by atoms with E-state index >= 15 is 0 Å². The number of nitrogens with one attached hydrogen (secondary N) is 1. The van der Waals surface area contributed by atoms with Crippen molar-refractivity contribution in [3.8, 4) is 5.75 Å². The van der Waals surface area contributed by atoms with Gasteiger partial charge in [0.15, 0.2) is 11.6 Å². The Morgan fingerprint density at radius 3 is 2.40 bits per heavy atom. The average Bonchev–Trinajstić information content (AvgIpc) is 2.44. The number of aliphatic carboxylic acids is 1. The van der Waals surface area contributed by atoms with Gasteiger partial charge in [-0.25, -0.2) is 9.18 Å². The lowest BCUT2D eigenvalue weighted by Gasteiger charge is -2.28. The third-order valence-electron chi connectivity index (χ3n) is 3.38. The van der Waals surface area contributed by atoms with Crippen LogP contribution in [0.4, 0.5) is 4.39 Å². The molecule has 0 radical (unpaired) electrons. The van der Waals surface area contributed by atoms with E-state index in [4.69, 9.17) is 4.74 Å². The predicted molar refractivity (Wildman–Crippen MR) is 71.4 cm³/mol. The second kappa shape index (κ2) is 6.36. The number of halogens is 1. The molecule has 0 saturated heterocycles. The van der Waals surface area contributed by atoms with E-state index in [9.17, 15) is 19.1 Å². The molecule has 20 heavy (non-hydrogen) atoms. The highest BCUT2D eigenvalue weighted by Gasteiger charge is 2.36. The Kier molecular flexibility index (Phi) is 5.07. The smallest absolute Gasteiger partial charge is 0.329 e. The molecule has 5 nitrogen and oxygen atoms in total. The minimum absolute atomic E-state index is 0.0634. The number of carbonyl (C=O) groups excluding carboxylic acids is 1. The Balaban J connectivity index is 3.04. The summed E-state index contributed by atoms with van der Waals surface area (Å²) in [5, 5.41) is 11.8. The number of carbonyl (C=O) groups is 2. The summed E-state index contributed by atoms with van der Waals surface area (Å²) in [6.45, 7) is 3.37. The van der Waals surface area contributed by atoms with Gasteiger partial charge in [0, 0.05) is 5.56 Å². The second-order valence-corrected chi connectivity index (χ2v) is 4.40. The fourth-order valence-electron chi connectivity index (χ4n) is 1.87. The van der Waals surface area contributed by atoms with Crippen LogP contribution in [-0.4, -0.2) is 29.6 Å².